The fourth-order valence-corrected chi connectivity index (χ4v) is 2.99. The lowest BCUT2D eigenvalue weighted by atomic mass is 10.4. The Morgan fingerprint density at radius 1 is 1.19 bits per heavy atom. The zero-order valence-corrected chi connectivity index (χ0v) is 15.6. The summed E-state index contributed by atoms with van der Waals surface area (Å²) in [7, 11) is 0. The van der Waals surface area contributed by atoms with Crippen LogP contribution in [0.15, 0.2) is 45.9 Å². The van der Waals surface area contributed by atoms with Crippen molar-refractivity contribution in [2.45, 2.75) is 11.4 Å². The van der Waals surface area contributed by atoms with Gasteiger partial charge in [-0.1, -0.05) is 23.2 Å². The van der Waals surface area contributed by atoms with Gasteiger partial charge in [0, 0.05) is 9.92 Å². The number of carbonyl (C=O) groups excluding carboxylic acids is 3. The smallest absolute Gasteiger partial charge is 0.321 e. The number of esters is 1. The van der Waals surface area contributed by atoms with Gasteiger partial charge in [0.25, 0.3) is 5.91 Å². The first-order valence-corrected chi connectivity index (χ1v) is 9.01. The molecule has 0 aliphatic heterocycles. The Hall–Kier alpha value is -2.16. The summed E-state index contributed by atoms with van der Waals surface area (Å²) in [5.41, 5.74) is 0. The monoisotopic (exact) mass is 416 g/mol. The highest BCUT2D eigenvalue weighted by atomic mass is 35.5. The lowest BCUT2D eigenvalue weighted by molar-refractivity contribution is -0.145. The van der Waals surface area contributed by atoms with Crippen molar-refractivity contribution in [1.82, 2.24) is 10.6 Å². The summed E-state index contributed by atoms with van der Waals surface area (Å²) < 4.78 is 9.83. The number of ether oxygens (including phenoxy) is 1. The van der Waals surface area contributed by atoms with Crippen molar-refractivity contribution >= 4 is 52.9 Å². The van der Waals surface area contributed by atoms with Gasteiger partial charge in [0.15, 0.2) is 6.61 Å². The Kier molecular flexibility index (Phi) is 7.83. The Balaban J connectivity index is 1.65. The molecule has 7 nitrogen and oxygen atoms in total. The van der Waals surface area contributed by atoms with Crippen molar-refractivity contribution in [2.75, 3.05) is 12.4 Å². The van der Waals surface area contributed by atoms with Gasteiger partial charge < -0.3 is 14.5 Å². The summed E-state index contributed by atoms with van der Waals surface area (Å²) in [6, 6.07) is 7.50. The van der Waals surface area contributed by atoms with Crippen LogP contribution in [0.3, 0.4) is 0 Å². The van der Waals surface area contributed by atoms with E-state index in [4.69, 9.17) is 32.4 Å². The van der Waals surface area contributed by atoms with Crippen LogP contribution in [0.2, 0.25) is 10.0 Å². The molecular formula is C16H14Cl2N2O5S. The van der Waals surface area contributed by atoms with Gasteiger partial charge in [0.05, 0.1) is 23.6 Å². The number of benzene rings is 1. The van der Waals surface area contributed by atoms with Gasteiger partial charge in [-0.2, -0.15) is 0 Å². The van der Waals surface area contributed by atoms with Crippen molar-refractivity contribution in [3.63, 3.8) is 0 Å². The SMILES string of the molecule is O=C(COC(=O)CSc1cc(Cl)ccc1Cl)NC(=O)NCc1ccco1. The maximum atomic E-state index is 11.7. The van der Waals surface area contributed by atoms with Crippen molar-refractivity contribution < 1.29 is 23.5 Å². The van der Waals surface area contributed by atoms with Crippen LogP contribution in [0.25, 0.3) is 0 Å². The fraction of sp³-hybridized carbons (Fsp3) is 0.188. The number of carbonyl (C=O) groups is 3. The molecule has 0 atom stereocenters. The summed E-state index contributed by atoms with van der Waals surface area (Å²) in [6.45, 7) is -0.445. The summed E-state index contributed by atoms with van der Waals surface area (Å²) in [5.74, 6) is -0.896. The first kappa shape index (κ1) is 20.2. The van der Waals surface area contributed by atoms with Gasteiger partial charge in [-0.15, -0.1) is 11.8 Å². The lowest BCUT2D eigenvalue weighted by Gasteiger charge is -2.07. The average molecular weight is 417 g/mol. The van der Waals surface area contributed by atoms with E-state index in [2.05, 4.69) is 5.32 Å². The van der Waals surface area contributed by atoms with Gasteiger partial charge in [0.2, 0.25) is 0 Å². The van der Waals surface area contributed by atoms with E-state index in [1.165, 1.54) is 6.26 Å². The predicted molar refractivity (Wildman–Crippen MR) is 97.2 cm³/mol. The van der Waals surface area contributed by atoms with Gasteiger partial charge in [0.1, 0.15) is 5.76 Å². The Morgan fingerprint density at radius 2 is 2.00 bits per heavy atom. The number of nitrogens with one attached hydrogen (secondary N) is 2. The van der Waals surface area contributed by atoms with E-state index in [1.807, 2.05) is 5.32 Å². The standard InChI is InChI=1S/C16H14Cl2N2O5S/c17-10-3-4-12(18)13(6-10)26-9-15(22)25-8-14(21)20-16(23)19-7-11-2-1-5-24-11/h1-6H,7-9H2,(H2,19,20,21,23). The summed E-state index contributed by atoms with van der Waals surface area (Å²) in [6.07, 6.45) is 1.47. The highest BCUT2D eigenvalue weighted by Gasteiger charge is 2.12. The third-order valence-electron chi connectivity index (χ3n) is 2.86. The number of rotatable bonds is 7. The average Bonchev–Trinajstić information content (AvgIpc) is 3.12. The van der Waals surface area contributed by atoms with E-state index in [1.54, 1.807) is 30.3 Å². The van der Waals surface area contributed by atoms with E-state index in [9.17, 15) is 14.4 Å². The summed E-state index contributed by atoms with van der Waals surface area (Å²) >= 11 is 13.0. The first-order chi connectivity index (χ1) is 12.4. The van der Waals surface area contributed by atoms with Crippen LogP contribution in [0, 0.1) is 0 Å². The molecule has 138 valence electrons. The number of hydrogen-bond donors (Lipinski definition) is 2. The maximum Gasteiger partial charge on any atom is 0.321 e. The van der Waals surface area contributed by atoms with Gasteiger partial charge in [-0.05, 0) is 30.3 Å². The van der Waals surface area contributed by atoms with Crippen molar-refractivity contribution in [3.05, 3.63) is 52.4 Å². The quantitative estimate of drug-likeness (QED) is 0.530. The van der Waals surface area contributed by atoms with Crippen LogP contribution in [-0.4, -0.2) is 30.3 Å². The second-order valence-corrected chi connectivity index (χ2v) is 6.70. The second-order valence-electron chi connectivity index (χ2n) is 4.83. The Morgan fingerprint density at radius 3 is 2.73 bits per heavy atom. The second kappa shape index (κ2) is 10.1. The van der Waals surface area contributed by atoms with Crippen LogP contribution in [-0.2, 0) is 20.9 Å². The van der Waals surface area contributed by atoms with Crippen LogP contribution in [0.1, 0.15) is 5.76 Å². The van der Waals surface area contributed by atoms with E-state index < -0.39 is 24.5 Å². The summed E-state index contributed by atoms with van der Waals surface area (Å²) in [5, 5.41) is 5.41. The molecule has 0 spiro atoms. The fourth-order valence-electron chi connectivity index (χ4n) is 1.70. The number of furan rings is 1. The zero-order chi connectivity index (χ0) is 18.9. The van der Waals surface area contributed by atoms with Crippen LogP contribution in [0.4, 0.5) is 4.79 Å². The minimum atomic E-state index is -0.749. The third kappa shape index (κ3) is 6.99. The zero-order valence-electron chi connectivity index (χ0n) is 13.3. The topological polar surface area (TPSA) is 97.6 Å². The molecule has 0 unspecified atom stereocenters. The minimum Gasteiger partial charge on any atom is -0.467 e. The number of amides is 3. The molecule has 1 heterocycles. The number of thioether (sulfide) groups is 1. The van der Waals surface area contributed by atoms with E-state index in [0.717, 1.165) is 11.8 Å². The highest BCUT2D eigenvalue weighted by molar-refractivity contribution is 8.00. The number of urea groups is 1. The molecule has 2 rings (SSSR count). The molecule has 10 heteroatoms. The van der Waals surface area contributed by atoms with Crippen LogP contribution < -0.4 is 10.6 Å². The predicted octanol–water partition coefficient (Wildman–Crippen LogP) is 3.25. The van der Waals surface area contributed by atoms with E-state index >= 15 is 0 Å². The van der Waals surface area contributed by atoms with Gasteiger partial charge in [-0.3, -0.25) is 14.9 Å². The number of imide groups is 1. The van der Waals surface area contributed by atoms with Crippen LogP contribution in [0.5, 0.6) is 0 Å². The van der Waals surface area contributed by atoms with Crippen molar-refractivity contribution in [3.8, 4) is 0 Å². The van der Waals surface area contributed by atoms with Gasteiger partial charge in [-0.25, -0.2) is 4.79 Å². The van der Waals surface area contributed by atoms with Crippen molar-refractivity contribution in [1.29, 1.82) is 0 Å². The molecule has 2 N–H and O–H groups in total. The molecule has 3 amide bonds. The molecule has 0 radical (unpaired) electrons. The molecule has 0 aliphatic carbocycles. The first-order valence-electron chi connectivity index (χ1n) is 7.27. The van der Waals surface area contributed by atoms with E-state index in [-0.39, 0.29) is 12.3 Å². The molecule has 0 saturated carbocycles. The molecule has 0 bridgehead atoms. The molecular weight excluding hydrogens is 403 g/mol. The molecule has 0 aliphatic rings. The molecule has 2 aromatic rings. The Bertz CT molecular complexity index is 783. The normalized spacial score (nSPS) is 10.2. The Labute approximate surface area is 163 Å². The minimum absolute atomic E-state index is 0.0575. The largest absolute Gasteiger partial charge is 0.467 e. The lowest BCUT2D eigenvalue weighted by Crippen LogP contribution is -2.41. The van der Waals surface area contributed by atoms with E-state index in [0.29, 0.717) is 20.7 Å². The van der Waals surface area contributed by atoms with Gasteiger partial charge >= 0.3 is 12.0 Å². The molecule has 0 fully saturated rings. The third-order valence-corrected chi connectivity index (χ3v) is 4.56. The summed E-state index contributed by atoms with van der Waals surface area (Å²) in [4.78, 5) is 35.4. The van der Waals surface area contributed by atoms with Crippen molar-refractivity contribution in [2.24, 2.45) is 0 Å². The molecule has 0 saturated heterocycles. The molecule has 26 heavy (non-hydrogen) atoms. The molecule has 1 aromatic heterocycles. The maximum absolute atomic E-state index is 11.7. The number of hydrogen-bond acceptors (Lipinski definition) is 6. The highest BCUT2D eigenvalue weighted by Crippen LogP contribution is 2.29. The number of halogens is 2. The molecule has 1 aromatic carbocycles. The van der Waals surface area contributed by atoms with Crippen LogP contribution >= 0.6 is 35.0 Å².